The van der Waals surface area contributed by atoms with E-state index in [-0.39, 0.29) is 24.1 Å². The standard InChI is InChI=1S/C14H28N2O3/c1-11(8-9-19-3)15-14(18)16(2)10-12-6-4-5-7-13(12)17/h11-13,17H,4-10H2,1-3H3,(H,15,18)/t11-,12+,13-/m0/s1. The van der Waals surface area contributed by atoms with Crippen molar-refractivity contribution in [3.05, 3.63) is 0 Å². The highest BCUT2D eigenvalue weighted by atomic mass is 16.5. The molecule has 0 spiro atoms. The van der Waals surface area contributed by atoms with Crippen molar-refractivity contribution in [3.8, 4) is 0 Å². The monoisotopic (exact) mass is 272 g/mol. The van der Waals surface area contributed by atoms with Crippen LogP contribution < -0.4 is 5.32 Å². The number of methoxy groups -OCH3 is 1. The molecule has 1 aliphatic rings. The Morgan fingerprint density at radius 1 is 1.47 bits per heavy atom. The van der Waals surface area contributed by atoms with Crippen LogP contribution in [0.25, 0.3) is 0 Å². The molecular weight excluding hydrogens is 244 g/mol. The third kappa shape index (κ3) is 5.78. The fourth-order valence-electron chi connectivity index (χ4n) is 2.52. The fraction of sp³-hybridized carbons (Fsp3) is 0.929. The number of rotatable bonds is 6. The largest absolute Gasteiger partial charge is 0.393 e. The number of amides is 2. The molecule has 1 fully saturated rings. The number of hydrogen-bond acceptors (Lipinski definition) is 3. The first kappa shape index (κ1) is 16.2. The first-order valence-corrected chi connectivity index (χ1v) is 7.23. The minimum Gasteiger partial charge on any atom is -0.393 e. The number of carbonyl (C=O) groups is 1. The molecule has 2 amide bonds. The van der Waals surface area contributed by atoms with Crippen LogP contribution in [0, 0.1) is 5.92 Å². The SMILES string of the molecule is COCC[C@H](C)NC(=O)N(C)C[C@H]1CCCC[C@@H]1O. The molecule has 0 aromatic carbocycles. The van der Waals surface area contributed by atoms with E-state index in [1.807, 2.05) is 6.92 Å². The summed E-state index contributed by atoms with van der Waals surface area (Å²) in [7, 11) is 3.45. The molecule has 0 aliphatic heterocycles. The van der Waals surface area contributed by atoms with Gasteiger partial charge in [0.05, 0.1) is 6.10 Å². The zero-order valence-corrected chi connectivity index (χ0v) is 12.4. The molecule has 0 aromatic rings. The molecule has 1 rings (SSSR count). The molecule has 5 heteroatoms. The van der Waals surface area contributed by atoms with Gasteiger partial charge in [0.25, 0.3) is 0 Å². The summed E-state index contributed by atoms with van der Waals surface area (Å²) in [6.45, 7) is 3.25. The number of aliphatic hydroxyl groups is 1. The molecule has 0 radical (unpaired) electrons. The van der Waals surface area contributed by atoms with Crippen molar-refractivity contribution in [1.82, 2.24) is 10.2 Å². The second kappa shape index (κ2) is 8.38. The molecule has 19 heavy (non-hydrogen) atoms. The third-order valence-corrected chi connectivity index (χ3v) is 3.85. The van der Waals surface area contributed by atoms with E-state index >= 15 is 0 Å². The normalized spacial score (nSPS) is 24.8. The molecular formula is C14H28N2O3. The predicted octanol–water partition coefficient (Wildman–Crippen LogP) is 1.60. The van der Waals surface area contributed by atoms with Crippen molar-refractivity contribution in [1.29, 1.82) is 0 Å². The number of nitrogens with zero attached hydrogens (tertiary/aromatic N) is 1. The number of nitrogens with one attached hydrogen (secondary N) is 1. The van der Waals surface area contributed by atoms with Gasteiger partial charge in [0.1, 0.15) is 0 Å². The molecule has 112 valence electrons. The van der Waals surface area contributed by atoms with E-state index in [1.165, 1.54) is 0 Å². The fourth-order valence-corrected chi connectivity index (χ4v) is 2.52. The molecule has 1 aliphatic carbocycles. The Kier molecular flexibility index (Phi) is 7.16. The van der Waals surface area contributed by atoms with Gasteiger partial charge in [0, 0.05) is 39.3 Å². The minimum atomic E-state index is -0.255. The van der Waals surface area contributed by atoms with E-state index < -0.39 is 0 Å². The van der Waals surface area contributed by atoms with Gasteiger partial charge in [-0.05, 0) is 26.2 Å². The van der Waals surface area contributed by atoms with Gasteiger partial charge in [-0.15, -0.1) is 0 Å². The zero-order chi connectivity index (χ0) is 14.3. The van der Waals surface area contributed by atoms with E-state index in [0.717, 1.165) is 32.1 Å². The lowest BCUT2D eigenvalue weighted by atomic mass is 9.86. The quantitative estimate of drug-likeness (QED) is 0.772. The number of urea groups is 1. The molecule has 0 aromatic heterocycles. The summed E-state index contributed by atoms with van der Waals surface area (Å²) < 4.78 is 4.99. The predicted molar refractivity (Wildman–Crippen MR) is 75.1 cm³/mol. The summed E-state index contributed by atoms with van der Waals surface area (Å²) in [5.41, 5.74) is 0. The first-order chi connectivity index (χ1) is 9.04. The summed E-state index contributed by atoms with van der Waals surface area (Å²) >= 11 is 0. The van der Waals surface area contributed by atoms with E-state index in [9.17, 15) is 9.90 Å². The van der Waals surface area contributed by atoms with Gasteiger partial charge in [-0.25, -0.2) is 4.79 Å². The highest BCUT2D eigenvalue weighted by Crippen LogP contribution is 2.24. The van der Waals surface area contributed by atoms with E-state index in [0.29, 0.717) is 13.2 Å². The molecule has 3 atom stereocenters. The lowest BCUT2D eigenvalue weighted by molar-refractivity contribution is 0.0562. The average molecular weight is 272 g/mol. The molecule has 0 saturated heterocycles. The smallest absolute Gasteiger partial charge is 0.317 e. The number of aliphatic hydroxyl groups excluding tert-OH is 1. The van der Waals surface area contributed by atoms with Gasteiger partial charge in [0.2, 0.25) is 0 Å². The Hall–Kier alpha value is -0.810. The van der Waals surface area contributed by atoms with Gasteiger partial charge < -0.3 is 20.1 Å². The van der Waals surface area contributed by atoms with Crippen LogP contribution in [-0.4, -0.2) is 55.5 Å². The topological polar surface area (TPSA) is 61.8 Å². The van der Waals surface area contributed by atoms with Crippen LogP contribution in [0.1, 0.15) is 39.0 Å². The Balaban J connectivity index is 2.31. The van der Waals surface area contributed by atoms with Crippen LogP contribution in [0.2, 0.25) is 0 Å². The lowest BCUT2D eigenvalue weighted by Crippen LogP contribution is -2.45. The Morgan fingerprint density at radius 3 is 2.79 bits per heavy atom. The van der Waals surface area contributed by atoms with E-state index in [1.54, 1.807) is 19.1 Å². The van der Waals surface area contributed by atoms with Crippen LogP contribution in [0.5, 0.6) is 0 Å². The maximum absolute atomic E-state index is 12.0. The van der Waals surface area contributed by atoms with Crippen molar-refractivity contribution >= 4 is 6.03 Å². The van der Waals surface area contributed by atoms with Gasteiger partial charge >= 0.3 is 6.03 Å². The Morgan fingerprint density at radius 2 is 2.16 bits per heavy atom. The second-order valence-electron chi connectivity index (χ2n) is 5.62. The van der Waals surface area contributed by atoms with Gasteiger partial charge in [0.15, 0.2) is 0 Å². The van der Waals surface area contributed by atoms with Crippen molar-refractivity contribution in [3.63, 3.8) is 0 Å². The summed E-state index contributed by atoms with van der Waals surface area (Å²) in [5.74, 6) is 0.221. The maximum Gasteiger partial charge on any atom is 0.317 e. The number of hydrogen-bond donors (Lipinski definition) is 2. The summed E-state index contributed by atoms with van der Waals surface area (Å²) in [6, 6.07) is 0.0348. The molecule has 0 bridgehead atoms. The summed E-state index contributed by atoms with van der Waals surface area (Å²) in [6.07, 6.45) is 4.68. The first-order valence-electron chi connectivity index (χ1n) is 7.23. The van der Waals surface area contributed by atoms with Crippen molar-refractivity contribution < 1.29 is 14.6 Å². The maximum atomic E-state index is 12.0. The zero-order valence-electron chi connectivity index (χ0n) is 12.4. The lowest BCUT2D eigenvalue weighted by Gasteiger charge is -2.31. The van der Waals surface area contributed by atoms with Gasteiger partial charge in [-0.2, -0.15) is 0 Å². The highest BCUT2D eigenvalue weighted by Gasteiger charge is 2.25. The van der Waals surface area contributed by atoms with Crippen molar-refractivity contribution in [2.75, 3.05) is 27.3 Å². The average Bonchev–Trinajstić information content (AvgIpc) is 2.38. The number of carbonyl (C=O) groups excluding carboxylic acids is 1. The summed E-state index contributed by atoms with van der Waals surface area (Å²) in [5, 5.41) is 12.9. The van der Waals surface area contributed by atoms with Crippen molar-refractivity contribution in [2.24, 2.45) is 5.92 Å². The molecule has 0 heterocycles. The van der Waals surface area contributed by atoms with E-state index in [4.69, 9.17) is 4.74 Å². The Bertz CT molecular complexity index is 273. The molecule has 1 saturated carbocycles. The molecule has 0 unspecified atom stereocenters. The highest BCUT2D eigenvalue weighted by molar-refractivity contribution is 5.74. The molecule has 5 nitrogen and oxygen atoms in total. The number of ether oxygens (including phenoxy) is 1. The van der Waals surface area contributed by atoms with Gasteiger partial charge in [-0.3, -0.25) is 0 Å². The van der Waals surface area contributed by atoms with Crippen LogP contribution in [0.4, 0.5) is 4.79 Å². The Labute approximate surface area is 116 Å². The van der Waals surface area contributed by atoms with E-state index in [2.05, 4.69) is 5.32 Å². The second-order valence-corrected chi connectivity index (χ2v) is 5.62. The summed E-state index contributed by atoms with van der Waals surface area (Å²) in [4.78, 5) is 13.7. The minimum absolute atomic E-state index is 0.0682. The van der Waals surface area contributed by atoms with Crippen LogP contribution >= 0.6 is 0 Å². The van der Waals surface area contributed by atoms with Gasteiger partial charge in [-0.1, -0.05) is 12.8 Å². The van der Waals surface area contributed by atoms with Crippen LogP contribution in [-0.2, 0) is 4.74 Å². The third-order valence-electron chi connectivity index (χ3n) is 3.85. The molecule has 2 N–H and O–H groups in total. The van der Waals surface area contributed by atoms with Crippen LogP contribution in [0.3, 0.4) is 0 Å². The van der Waals surface area contributed by atoms with Crippen molar-refractivity contribution in [2.45, 2.75) is 51.2 Å². The van der Waals surface area contributed by atoms with Crippen LogP contribution in [0.15, 0.2) is 0 Å².